The van der Waals surface area contributed by atoms with Crippen molar-refractivity contribution in [3.63, 3.8) is 0 Å². The molecule has 1 aliphatic carbocycles. The molecule has 28 heavy (non-hydrogen) atoms. The Morgan fingerprint density at radius 3 is 2.71 bits per heavy atom. The first kappa shape index (κ1) is 19.7. The van der Waals surface area contributed by atoms with Crippen LogP contribution in [0.1, 0.15) is 61.3 Å². The van der Waals surface area contributed by atoms with Gasteiger partial charge in [0.05, 0.1) is 24.4 Å². The number of hydrogen-bond donors (Lipinski definition) is 1. The lowest BCUT2D eigenvalue weighted by atomic mass is 9.70. The van der Waals surface area contributed by atoms with E-state index in [1.807, 2.05) is 20.8 Å². The zero-order valence-corrected chi connectivity index (χ0v) is 16.8. The van der Waals surface area contributed by atoms with Gasteiger partial charge in [0.1, 0.15) is 23.0 Å². The second-order valence-electron chi connectivity index (χ2n) is 7.86. The van der Waals surface area contributed by atoms with Crippen molar-refractivity contribution in [1.82, 2.24) is 9.78 Å². The third-order valence-electron chi connectivity index (χ3n) is 5.20. The van der Waals surface area contributed by atoms with E-state index in [-0.39, 0.29) is 28.2 Å². The zero-order chi connectivity index (χ0) is 20.8. The predicted octanol–water partition coefficient (Wildman–Crippen LogP) is 2.45. The molecule has 8 nitrogen and oxygen atoms in total. The minimum absolute atomic E-state index is 0.0472. The second-order valence-corrected chi connectivity index (χ2v) is 7.86. The number of nitrogens with zero attached hydrogens (tertiary/aromatic N) is 3. The molecule has 2 aliphatic rings. The maximum absolute atomic E-state index is 13.1. The summed E-state index contributed by atoms with van der Waals surface area (Å²) in [6.07, 6.45) is 0.827. The van der Waals surface area contributed by atoms with E-state index in [1.165, 1.54) is 7.11 Å². The van der Waals surface area contributed by atoms with Crippen LogP contribution in [0.25, 0.3) is 0 Å². The highest BCUT2D eigenvalue weighted by Crippen LogP contribution is 2.48. The molecule has 1 aromatic heterocycles. The molecule has 1 aliphatic heterocycles. The average Bonchev–Trinajstić information content (AvgIpc) is 2.94. The average molecular weight is 384 g/mol. The number of ether oxygens (including phenoxy) is 2. The molecule has 0 unspecified atom stereocenters. The Bertz CT molecular complexity index is 975. The number of Topliss-reactive ketones (excluding diaryl/α,β-unsaturated/α-hetero) is 1. The van der Waals surface area contributed by atoms with Crippen molar-refractivity contribution in [3.05, 3.63) is 39.7 Å². The van der Waals surface area contributed by atoms with Gasteiger partial charge in [-0.15, -0.1) is 0 Å². The van der Waals surface area contributed by atoms with E-state index in [1.54, 1.807) is 11.6 Å². The van der Waals surface area contributed by atoms with Crippen LogP contribution in [0.2, 0.25) is 0 Å². The van der Waals surface area contributed by atoms with Gasteiger partial charge >= 0.3 is 5.97 Å². The van der Waals surface area contributed by atoms with Gasteiger partial charge in [0, 0.05) is 25.0 Å². The molecule has 0 saturated carbocycles. The molecule has 3 rings (SSSR count). The molecule has 0 saturated heterocycles. The van der Waals surface area contributed by atoms with Crippen LogP contribution in [0.15, 0.2) is 22.8 Å². The molecule has 1 aromatic rings. The molecule has 0 fully saturated rings. The Labute approximate surface area is 163 Å². The molecule has 0 radical (unpaired) electrons. The number of hydrogen-bond acceptors (Lipinski definition) is 7. The van der Waals surface area contributed by atoms with Gasteiger partial charge in [-0.25, -0.2) is 4.79 Å². The van der Waals surface area contributed by atoms with E-state index in [2.05, 4.69) is 11.2 Å². The summed E-state index contributed by atoms with van der Waals surface area (Å²) in [7, 11) is 1.28. The number of nitrogens with two attached hydrogens (primary N) is 1. The molecule has 2 N–H and O–H groups in total. The molecule has 0 spiro atoms. The minimum atomic E-state index is -0.812. The predicted molar refractivity (Wildman–Crippen MR) is 99.7 cm³/mol. The van der Waals surface area contributed by atoms with Gasteiger partial charge in [-0.05, 0) is 19.3 Å². The third-order valence-corrected chi connectivity index (χ3v) is 5.20. The van der Waals surface area contributed by atoms with Crippen LogP contribution in [0.4, 0.5) is 0 Å². The third kappa shape index (κ3) is 2.97. The quantitative estimate of drug-likeness (QED) is 0.795. The van der Waals surface area contributed by atoms with E-state index in [9.17, 15) is 14.9 Å². The lowest BCUT2D eigenvalue weighted by Gasteiger charge is -2.37. The summed E-state index contributed by atoms with van der Waals surface area (Å²) in [6.45, 7) is 7.98. The van der Waals surface area contributed by atoms with Gasteiger partial charge in [0.2, 0.25) is 5.88 Å². The molecule has 0 amide bonds. The Hall–Kier alpha value is -3.08. The number of aromatic nitrogens is 2. The van der Waals surface area contributed by atoms with Crippen molar-refractivity contribution in [2.24, 2.45) is 11.1 Å². The number of methoxy groups -OCH3 is 1. The number of nitriles is 1. The summed E-state index contributed by atoms with van der Waals surface area (Å²) in [5.41, 5.74) is 7.42. The van der Waals surface area contributed by atoms with Crippen molar-refractivity contribution in [2.45, 2.75) is 53.0 Å². The summed E-state index contributed by atoms with van der Waals surface area (Å²) in [5, 5.41) is 14.2. The lowest BCUT2D eigenvalue weighted by Crippen LogP contribution is -2.34. The molecular weight excluding hydrogens is 360 g/mol. The first-order valence-electron chi connectivity index (χ1n) is 9.14. The minimum Gasteiger partial charge on any atom is -0.465 e. The van der Waals surface area contributed by atoms with Crippen LogP contribution < -0.4 is 5.73 Å². The monoisotopic (exact) mass is 384 g/mol. The summed E-state index contributed by atoms with van der Waals surface area (Å²) < 4.78 is 12.3. The number of allylic oxidation sites excluding steroid dienone is 3. The number of carbonyl (C=O) groups excluding carboxylic acids is 2. The Morgan fingerprint density at radius 2 is 2.14 bits per heavy atom. The van der Waals surface area contributed by atoms with Gasteiger partial charge in [-0.1, -0.05) is 13.8 Å². The number of rotatable bonds is 3. The summed E-state index contributed by atoms with van der Waals surface area (Å²) in [4.78, 5) is 25.6. The Balaban J connectivity index is 2.33. The van der Waals surface area contributed by atoms with Gasteiger partial charge in [0.15, 0.2) is 5.78 Å². The topological polar surface area (TPSA) is 120 Å². The molecule has 0 bridgehead atoms. The fourth-order valence-corrected chi connectivity index (χ4v) is 4.05. The van der Waals surface area contributed by atoms with E-state index in [4.69, 9.17) is 15.2 Å². The smallest absolute Gasteiger partial charge is 0.341 e. The van der Waals surface area contributed by atoms with Crippen molar-refractivity contribution in [2.75, 3.05) is 7.11 Å². The van der Waals surface area contributed by atoms with Gasteiger partial charge in [-0.3, -0.25) is 9.48 Å². The molecule has 8 heteroatoms. The van der Waals surface area contributed by atoms with Crippen molar-refractivity contribution in [3.8, 4) is 6.07 Å². The van der Waals surface area contributed by atoms with E-state index < -0.39 is 11.9 Å². The maximum atomic E-state index is 13.1. The summed E-state index contributed by atoms with van der Waals surface area (Å²) >= 11 is 0. The fraction of sp³-hybridized carbons (Fsp3) is 0.500. The lowest BCUT2D eigenvalue weighted by molar-refractivity contribution is -0.119. The largest absolute Gasteiger partial charge is 0.465 e. The molecule has 2 heterocycles. The number of carbonyl (C=O) groups is 2. The highest BCUT2D eigenvalue weighted by Gasteiger charge is 2.45. The van der Waals surface area contributed by atoms with Gasteiger partial charge < -0.3 is 15.2 Å². The molecular formula is C20H24N4O4. The Morgan fingerprint density at radius 1 is 1.46 bits per heavy atom. The van der Waals surface area contributed by atoms with E-state index in [0.29, 0.717) is 42.1 Å². The standard InChI is InChI=1S/C20H24N4O4/c1-6-24-17(14(10(2)23-24)19(26)27-5)15-11(9-21)18(22)28-13-8-20(3,4)7-12(25)16(13)15/h15H,6-8,22H2,1-5H3/t15-/m1/s1. The van der Waals surface area contributed by atoms with Crippen molar-refractivity contribution < 1.29 is 19.1 Å². The van der Waals surface area contributed by atoms with E-state index in [0.717, 1.165) is 0 Å². The highest BCUT2D eigenvalue weighted by atomic mass is 16.5. The number of aryl methyl sites for hydroxylation is 2. The maximum Gasteiger partial charge on any atom is 0.341 e. The van der Waals surface area contributed by atoms with Crippen LogP contribution in [-0.2, 0) is 20.8 Å². The van der Waals surface area contributed by atoms with Crippen LogP contribution in [0, 0.1) is 23.7 Å². The first-order chi connectivity index (χ1) is 13.1. The Kier molecular flexibility index (Phi) is 4.79. The molecule has 0 aromatic carbocycles. The van der Waals surface area contributed by atoms with Crippen LogP contribution >= 0.6 is 0 Å². The van der Waals surface area contributed by atoms with Crippen molar-refractivity contribution in [1.29, 1.82) is 5.26 Å². The zero-order valence-electron chi connectivity index (χ0n) is 16.8. The molecule has 148 valence electrons. The van der Waals surface area contributed by atoms with E-state index >= 15 is 0 Å². The van der Waals surface area contributed by atoms with Crippen LogP contribution in [0.3, 0.4) is 0 Å². The molecule has 1 atom stereocenters. The fourth-order valence-electron chi connectivity index (χ4n) is 4.05. The normalized spacial score (nSPS) is 21.1. The first-order valence-corrected chi connectivity index (χ1v) is 9.14. The van der Waals surface area contributed by atoms with Gasteiger partial charge in [-0.2, -0.15) is 10.4 Å². The highest BCUT2D eigenvalue weighted by molar-refractivity contribution is 6.01. The van der Waals surface area contributed by atoms with Crippen LogP contribution in [0.5, 0.6) is 0 Å². The summed E-state index contributed by atoms with van der Waals surface area (Å²) in [5.74, 6) is -1.09. The van der Waals surface area contributed by atoms with Gasteiger partial charge in [0.25, 0.3) is 0 Å². The van der Waals surface area contributed by atoms with Crippen molar-refractivity contribution >= 4 is 11.8 Å². The van der Waals surface area contributed by atoms with Crippen LogP contribution in [-0.4, -0.2) is 28.6 Å². The summed E-state index contributed by atoms with van der Waals surface area (Å²) in [6, 6.07) is 2.07. The second kappa shape index (κ2) is 6.82. The number of ketones is 1. The SMILES string of the molecule is CCn1nc(C)c(C(=O)OC)c1[C@@H]1C(C#N)=C(N)OC2=C1C(=O)CC(C)(C)C2. The number of esters is 1.